The normalized spacial score (nSPS) is 11.2. The van der Waals surface area contributed by atoms with E-state index in [1.54, 1.807) is 29.8 Å². The van der Waals surface area contributed by atoms with Crippen molar-refractivity contribution in [1.29, 1.82) is 0 Å². The van der Waals surface area contributed by atoms with Crippen LogP contribution in [-0.4, -0.2) is 32.4 Å². The van der Waals surface area contributed by atoms with Crippen LogP contribution in [0.1, 0.15) is 27.3 Å². The van der Waals surface area contributed by atoms with Crippen LogP contribution in [0.25, 0.3) is 11.8 Å². The molecule has 0 aliphatic rings. The monoisotopic (exact) mass is 428 g/mol. The van der Waals surface area contributed by atoms with E-state index < -0.39 is 17.6 Å². The van der Waals surface area contributed by atoms with Gasteiger partial charge in [0.15, 0.2) is 5.78 Å². The number of thioether (sulfide) groups is 1. The molecule has 0 unspecified atom stereocenters. The maximum Gasteiger partial charge on any atom is 0.313 e. The molecule has 1 aromatic heterocycles. The van der Waals surface area contributed by atoms with E-state index >= 15 is 0 Å². The first kappa shape index (κ1) is 21.4. The standard InChI is InChI=1S/C22H18F2N2O3S/c1-13-18(14(2)26(25-13)17-6-4-16(23)5-7-17)8-9-20(27)15-3-10-21(19(24)11-15)30-12-22(28)29/h3-11H,12H2,1-2H3,(H,28,29)/b9-8+. The molecule has 0 saturated carbocycles. The zero-order valence-electron chi connectivity index (χ0n) is 16.2. The quantitative estimate of drug-likeness (QED) is 0.331. The Labute approximate surface area is 176 Å². The minimum Gasteiger partial charge on any atom is -0.481 e. The molecule has 0 atom stereocenters. The summed E-state index contributed by atoms with van der Waals surface area (Å²) in [7, 11) is 0. The van der Waals surface area contributed by atoms with Gasteiger partial charge in [-0.15, -0.1) is 11.8 Å². The van der Waals surface area contributed by atoms with Crippen molar-refractivity contribution >= 4 is 29.6 Å². The zero-order chi connectivity index (χ0) is 21.8. The maximum absolute atomic E-state index is 14.1. The smallest absolute Gasteiger partial charge is 0.313 e. The lowest BCUT2D eigenvalue weighted by Crippen LogP contribution is -2.00. The Kier molecular flexibility index (Phi) is 6.47. The van der Waals surface area contributed by atoms with Gasteiger partial charge in [0, 0.05) is 21.7 Å². The first-order chi connectivity index (χ1) is 14.3. The fourth-order valence-corrected chi connectivity index (χ4v) is 3.54. The first-order valence-electron chi connectivity index (χ1n) is 8.95. The summed E-state index contributed by atoms with van der Waals surface area (Å²) >= 11 is 0.853. The van der Waals surface area contributed by atoms with E-state index in [2.05, 4.69) is 5.10 Å². The van der Waals surface area contributed by atoms with Gasteiger partial charge < -0.3 is 5.11 Å². The number of benzene rings is 2. The van der Waals surface area contributed by atoms with Gasteiger partial charge in [-0.1, -0.05) is 0 Å². The number of carboxylic acid groups (broad SMARTS) is 1. The second-order valence-electron chi connectivity index (χ2n) is 6.50. The molecule has 2 aromatic carbocycles. The zero-order valence-corrected chi connectivity index (χ0v) is 17.0. The summed E-state index contributed by atoms with van der Waals surface area (Å²) in [6.07, 6.45) is 2.95. The van der Waals surface area contributed by atoms with Gasteiger partial charge in [0.05, 0.1) is 17.1 Å². The third kappa shape index (κ3) is 4.83. The molecular formula is C22H18F2N2O3S. The molecule has 0 aliphatic carbocycles. The fraction of sp³-hybridized carbons (Fsp3) is 0.136. The van der Waals surface area contributed by atoms with E-state index in [4.69, 9.17) is 5.11 Å². The van der Waals surface area contributed by atoms with Crippen LogP contribution in [-0.2, 0) is 4.79 Å². The summed E-state index contributed by atoms with van der Waals surface area (Å²) in [5.41, 5.74) is 3.05. The summed E-state index contributed by atoms with van der Waals surface area (Å²) in [4.78, 5) is 23.2. The molecule has 0 saturated heterocycles. The molecule has 1 N–H and O–H groups in total. The van der Waals surface area contributed by atoms with Crippen LogP contribution in [0.2, 0.25) is 0 Å². The molecule has 0 spiro atoms. The van der Waals surface area contributed by atoms with Crippen LogP contribution >= 0.6 is 11.8 Å². The second kappa shape index (κ2) is 9.04. The molecule has 0 aliphatic heterocycles. The number of aryl methyl sites for hydroxylation is 1. The predicted molar refractivity (Wildman–Crippen MR) is 111 cm³/mol. The molecular weight excluding hydrogens is 410 g/mol. The molecule has 0 bridgehead atoms. The molecule has 30 heavy (non-hydrogen) atoms. The third-order valence-electron chi connectivity index (χ3n) is 4.39. The van der Waals surface area contributed by atoms with E-state index in [9.17, 15) is 18.4 Å². The Morgan fingerprint density at radius 2 is 1.83 bits per heavy atom. The number of allylic oxidation sites excluding steroid dienone is 1. The number of nitrogens with zero attached hydrogens (tertiary/aromatic N) is 2. The highest BCUT2D eigenvalue weighted by Gasteiger charge is 2.13. The largest absolute Gasteiger partial charge is 0.481 e. The lowest BCUT2D eigenvalue weighted by atomic mass is 10.1. The summed E-state index contributed by atoms with van der Waals surface area (Å²) < 4.78 is 29.0. The fourth-order valence-electron chi connectivity index (χ4n) is 2.90. The van der Waals surface area contributed by atoms with Crippen LogP contribution in [0.4, 0.5) is 8.78 Å². The van der Waals surface area contributed by atoms with Gasteiger partial charge in [0.25, 0.3) is 0 Å². The number of hydrogen-bond acceptors (Lipinski definition) is 4. The van der Waals surface area contributed by atoms with Crippen molar-refractivity contribution in [2.45, 2.75) is 18.7 Å². The minimum absolute atomic E-state index is 0.157. The molecule has 5 nitrogen and oxygen atoms in total. The molecule has 3 rings (SSSR count). The Hall–Kier alpha value is -3.26. The van der Waals surface area contributed by atoms with Gasteiger partial charge in [-0.3, -0.25) is 9.59 Å². The van der Waals surface area contributed by atoms with Crippen LogP contribution in [0.5, 0.6) is 0 Å². The van der Waals surface area contributed by atoms with Crippen LogP contribution in [0.15, 0.2) is 53.4 Å². The summed E-state index contributed by atoms with van der Waals surface area (Å²) in [6.45, 7) is 3.63. The SMILES string of the molecule is Cc1nn(-c2ccc(F)cc2)c(C)c1/C=C/C(=O)c1ccc(SCC(=O)O)c(F)c1. The van der Waals surface area contributed by atoms with Crippen molar-refractivity contribution in [3.8, 4) is 5.69 Å². The van der Waals surface area contributed by atoms with E-state index in [0.29, 0.717) is 11.4 Å². The highest BCUT2D eigenvalue weighted by atomic mass is 32.2. The predicted octanol–water partition coefficient (Wildman–Crippen LogP) is 4.84. The number of carboxylic acids is 1. The molecule has 3 aromatic rings. The second-order valence-corrected chi connectivity index (χ2v) is 7.52. The van der Waals surface area contributed by atoms with Crippen LogP contribution in [0, 0.1) is 25.5 Å². The summed E-state index contributed by atoms with van der Waals surface area (Å²) in [5, 5.41) is 13.1. The average Bonchev–Trinajstić information content (AvgIpc) is 2.99. The third-order valence-corrected chi connectivity index (χ3v) is 5.42. The minimum atomic E-state index is -1.05. The Balaban J connectivity index is 1.80. The van der Waals surface area contributed by atoms with Gasteiger partial charge in [0.1, 0.15) is 11.6 Å². The Bertz CT molecular complexity index is 1140. The van der Waals surface area contributed by atoms with Crippen molar-refractivity contribution in [3.63, 3.8) is 0 Å². The number of ketones is 1. The number of hydrogen-bond donors (Lipinski definition) is 1. The topological polar surface area (TPSA) is 72.2 Å². The van der Waals surface area contributed by atoms with Gasteiger partial charge in [0.2, 0.25) is 0 Å². The Morgan fingerprint density at radius 1 is 1.13 bits per heavy atom. The average molecular weight is 428 g/mol. The van der Waals surface area contributed by atoms with E-state index in [-0.39, 0.29) is 22.0 Å². The van der Waals surface area contributed by atoms with Crippen molar-refractivity contribution in [1.82, 2.24) is 9.78 Å². The van der Waals surface area contributed by atoms with Crippen LogP contribution < -0.4 is 0 Å². The number of aliphatic carboxylic acids is 1. The molecule has 154 valence electrons. The van der Waals surface area contributed by atoms with E-state index in [0.717, 1.165) is 29.1 Å². The molecule has 0 fully saturated rings. The highest BCUT2D eigenvalue weighted by molar-refractivity contribution is 8.00. The van der Waals surface area contributed by atoms with Crippen molar-refractivity contribution < 1.29 is 23.5 Å². The molecule has 0 amide bonds. The van der Waals surface area contributed by atoms with E-state index in [1.807, 2.05) is 6.92 Å². The lowest BCUT2D eigenvalue weighted by molar-refractivity contribution is -0.133. The summed E-state index contributed by atoms with van der Waals surface area (Å²) in [5.74, 6) is -2.69. The van der Waals surface area contributed by atoms with Crippen molar-refractivity contribution in [3.05, 3.63) is 82.7 Å². The van der Waals surface area contributed by atoms with Gasteiger partial charge in [-0.2, -0.15) is 5.10 Å². The maximum atomic E-state index is 14.1. The number of halogens is 2. The molecule has 0 radical (unpaired) electrons. The van der Waals surface area contributed by atoms with Gasteiger partial charge in [-0.05, 0) is 68.5 Å². The molecule has 1 heterocycles. The van der Waals surface area contributed by atoms with Gasteiger partial charge >= 0.3 is 5.97 Å². The number of carbonyl (C=O) groups excluding carboxylic acids is 1. The van der Waals surface area contributed by atoms with Crippen LogP contribution in [0.3, 0.4) is 0 Å². The van der Waals surface area contributed by atoms with Gasteiger partial charge in [-0.25, -0.2) is 13.5 Å². The first-order valence-corrected chi connectivity index (χ1v) is 9.93. The van der Waals surface area contributed by atoms with Crippen molar-refractivity contribution in [2.75, 3.05) is 5.75 Å². The van der Waals surface area contributed by atoms with Crippen molar-refractivity contribution in [2.24, 2.45) is 0 Å². The Morgan fingerprint density at radius 3 is 2.47 bits per heavy atom. The number of rotatable bonds is 7. The summed E-state index contributed by atoms with van der Waals surface area (Å²) in [6, 6.07) is 9.86. The lowest BCUT2D eigenvalue weighted by Gasteiger charge is -2.04. The highest BCUT2D eigenvalue weighted by Crippen LogP contribution is 2.24. The molecule has 8 heteroatoms. The number of aromatic nitrogens is 2. The number of carbonyl (C=O) groups is 2. The van der Waals surface area contributed by atoms with E-state index in [1.165, 1.54) is 30.3 Å².